The number of anilines is 3. The highest BCUT2D eigenvalue weighted by molar-refractivity contribution is 5.94. The number of rotatable bonds is 3. The summed E-state index contributed by atoms with van der Waals surface area (Å²) in [6.45, 7) is 4.63. The highest BCUT2D eigenvalue weighted by Crippen LogP contribution is 2.36. The Morgan fingerprint density at radius 2 is 2.03 bits per heavy atom. The van der Waals surface area contributed by atoms with Crippen LogP contribution < -0.4 is 21.5 Å². The Morgan fingerprint density at radius 3 is 2.75 bits per heavy atom. The molecule has 1 saturated carbocycles. The van der Waals surface area contributed by atoms with Crippen molar-refractivity contribution in [2.45, 2.75) is 63.8 Å². The Kier molecular flexibility index (Phi) is 6.44. The Balaban J connectivity index is 1.59. The normalized spacial score (nSPS) is 24.7. The second-order valence-corrected chi connectivity index (χ2v) is 9.94. The van der Waals surface area contributed by atoms with Crippen molar-refractivity contribution in [3.63, 3.8) is 0 Å². The van der Waals surface area contributed by atoms with E-state index in [1.165, 1.54) is 10.9 Å². The summed E-state index contributed by atoms with van der Waals surface area (Å²) in [4.78, 5) is 35.6. The second-order valence-electron chi connectivity index (χ2n) is 9.94. The summed E-state index contributed by atoms with van der Waals surface area (Å²) in [6, 6.07) is 3.09. The molecule has 1 fully saturated rings. The van der Waals surface area contributed by atoms with E-state index in [4.69, 9.17) is 9.47 Å². The second kappa shape index (κ2) is 9.55. The van der Waals surface area contributed by atoms with Gasteiger partial charge in [0.05, 0.1) is 30.5 Å². The van der Waals surface area contributed by atoms with Crippen LogP contribution in [0.2, 0.25) is 0 Å². The average Bonchev–Trinajstić information content (AvgIpc) is 3.29. The van der Waals surface area contributed by atoms with E-state index in [0.717, 1.165) is 31.2 Å². The van der Waals surface area contributed by atoms with Gasteiger partial charge in [0.15, 0.2) is 5.65 Å². The zero-order chi connectivity index (χ0) is 25.4. The molecular formula is C25H33N7O4. The predicted octanol–water partition coefficient (Wildman–Crippen LogP) is 3.37. The molecule has 11 heteroatoms. The van der Waals surface area contributed by atoms with E-state index < -0.39 is 0 Å². The maximum Gasteiger partial charge on any atom is 0.328 e. The number of amides is 1. The van der Waals surface area contributed by atoms with Crippen molar-refractivity contribution in [3.05, 3.63) is 40.6 Å². The highest BCUT2D eigenvalue weighted by atomic mass is 16.5. The molecule has 11 nitrogen and oxygen atoms in total. The average molecular weight is 496 g/mol. The van der Waals surface area contributed by atoms with E-state index in [0.29, 0.717) is 41.6 Å². The minimum absolute atomic E-state index is 0.0723. The Morgan fingerprint density at radius 1 is 1.25 bits per heavy atom. The number of pyridine rings is 2. The van der Waals surface area contributed by atoms with Crippen LogP contribution in [-0.4, -0.2) is 57.5 Å². The molecule has 3 aromatic rings. The van der Waals surface area contributed by atoms with Gasteiger partial charge in [0.25, 0.3) is 5.56 Å². The van der Waals surface area contributed by atoms with Crippen molar-refractivity contribution in [1.82, 2.24) is 24.4 Å². The molecule has 2 aliphatic rings. The number of hydrogen-bond donors (Lipinski definition) is 3. The zero-order valence-corrected chi connectivity index (χ0v) is 21.1. The first-order valence-electron chi connectivity index (χ1n) is 12.3. The lowest BCUT2D eigenvalue weighted by Crippen LogP contribution is -2.38. The molecule has 192 valence electrons. The Bertz CT molecular complexity index is 1340. The molecule has 0 radical (unpaired) electrons. The van der Waals surface area contributed by atoms with Crippen molar-refractivity contribution >= 4 is 34.4 Å². The maximum atomic E-state index is 13.6. The first-order valence-corrected chi connectivity index (χ1v) is 12.3. The molecule has 4 bridgehead atoms. The van der Waals surface area contributed by atoms with Gasteiger partial charge in [0, 0.05) is 32.5 Å². The summed E-state index contributed by atoms with van der Waals surface area (Å²) in [5.41, 5.74) is 2.64. The van der Waals surface area contributed by atoms with Crippen LogP contribution in [0.4, 0.5) is 22.0 Å². The third-order valence-electron chi connectivity index (χ3n) is 7.26. The molecule has 3 N–H and O–H groups in total. The molecular weight excluding hydrogens is 462 g/mol. The number of imidazole rings is 1. The molecule has 0 unspecified atom stereocenters. The van der Waals surface area contributed by atoms with Crippen molar-refractivity contribution in [2.75, 3.05) is 31.4 Å². The molecule has 1 amide bonds. The summed E-state index contributed by atoms with van der Waals surface area (Å²) in [5.74, 6) is 0.434. The fraction of sp³-hybridized carbons (Fsp3) is 0.520. The van der Waals surface area contributed by atoms with E-state index >= 15 is 0 Å². The Hall–Kier alpha value is -3.44. The van der Waals surface area contributed by atoms with Crippen molar-refractivity contribution < 1.29 is 14.3 Å². The first kappa shape index (κ1) is 24.3. The van der Waals surface area contributed by atoms with Crippen LogP contribution in [0.5, 0.6) is 0 Å². The minimum atomic E-state index is -0.349. The van der Waals surface area contributed by atoms with E-state index in [9.17, 15) is 9.59 Å². The number of nitrogens with one attached hydrogen (secondary N) is 3. The number of ether oxygens (including phenoxy) is 2. The fourth-order valence-corrected chi connectivity index (χ4v) is 5.00. The van der Waals surface area contributed by atoms with Crippen molar-refractivity contribution in [1.29, 1.82) is 0 Å². The van der Waals surface area contributed by atoms with Gasteiger partial charge in [-0.05, 0) is 51.2 Å². The topological polar surface area (TPSA) is 124 Å². The SMILES string of the molecule is CNc1cc2nc3c1ncn3C(=O)N[C@H](C)COCc1cc(c(=O)n(C3CCC(C)(OC)CC3)c1)N2. The Labute approximate surface area is 209 Å². The van der Waals surface area contributed by atoms with Crippen LogP contribution in [0.15, 0.2) is 29.5 Å². The third kappa shape index (κ3) is 4.56. The zero-order valence-electron chi connectivity index (χ0n) is 21.1. The van der Waals surface area contributed by atoms with Gasteiger partial charge in [-0.1, -0.05) is 0 Å². The molecule has 1 aliphatic carbocycles. The van der Waals surface area contributed by atoms with Crippen LogP contribution in [0.1, 0.15) is 51.1 Å². The largest absolute Gasteiger partial charge is 0.386 e. The van der Waals surface area contributed by atoms with Gasteiger partial charge in [-0.25, -0.2) is 19.3 Å². The van der Waals surface area contributed by atoms with Gasteiger partial charge in [-0.3, -0.25) is 4.79 Å². The van der Waals surface area contributed by atoms with Gasteiger partial charge in [-0.15, -0.1) is 0 Å². The minimum Gasteiger partial charge on any atom is -0.386 e. The number of hydrogen-bond acceptors (Lipinski definition) is 8. The number of aromatic nitrogens is 4. The first-order chi connectivity index (χ1) is 17.3. The van der Waals surface area contributed by atoms with Crippen molar-refractivity contribution in [3.8, 4) is 0 Å². The molecule has 1 atom stereocenters. The van der Waals surface area contributed by atoms with Crippen molar-refractivity contribution in [2.24, 2.45) is 0 Å². The van der Waals surface area contributed by atoms with E-state index in [1.807, 2.05) is 23.8 Å². The quantitative estimate of drug-likeness (QED) is 0.505. The fourth-order valence-electron chi connectivity index (χ4n) is 5.00. The smallest absolute Gasteiger partial charge is 0.328 e. The van der Waals surface area contributed by atoms with Gasteiger partial charge in [-0.2, -0.15) is 0 Å². The number of fused-ring (bicyclic) bond motifs is 3. The molecule has 1 aliphatic heterocycles. The van der Waals surface area contributed by atoms with E-state index in [-0.39, 0.29) is 29.3 Å². The van der Waals surface area contributed by atoms with E-state index in [1.54, 1.807) is 20.2 Å². The van der Waals surface area contributed by atoms with Gasteiger partial charge >= 0.3 is 6.03 Å². The molecule has 36 heavy (non-hydrogen) atoms. The van der Waals surface area contributed by atoms with Gasteiger partial charge < -0.3 is 30.0 Å². The van der Waals surface area contributed by atoms with Gasteiger partial charge in [0.1, 0.15) is 23.3 Å². The number of nitrogens with zero attached hydrogens (tertiary/aromatic N) is 4. The number of carbonyl (C=O) groups is 1. The molecule has 0 saturated heterocycles. The van der Waals surface area contributed by atoms with Gasteiger partial charge in [0.2, 0.25) is 0 Å². The lowest BCUT2D eigenvalue weighted by atomic mass is 9.83. The monoisotopic (exact) mass is 495 g/mol. The van der Waals surface area contributed by atoms with E-state index in [2.05, 4.69) is 32.8 Å². The van der Waals surface area contributed by atoms with Crippen LogP contribution in [0.3, 0.4) is 0 Å². The molecule has 3 aromatic heterocycles. The van der Waals surface area contributed by atoms with Crippen LogP contribution in [0, 0.1) is 0 Å². The molecule has 4 heterocycles. The molecule has 5 rings (SSSR count). The number of carbonyl (C=O) groups excluding carboxylic acids is 1. The predicted molar refractivity (Wildman–Crippen MR) is 137 cm³/mol. The lowest BCUT2D eigenvalue weighted by molar-refractivity contribution is -0.0325. The summed E-state index contributed by atoms with van der Waals surface area (Å²) in [5, 5.41) is 9.25. The number of methoxy groups -OCH3 is 1. The molecule has 0 aromatic carbocycles. The third-order valence-corrected chi connectivity index (χ3v) is 7.26. The standard InChI is InChI=1S/C25H33N7O4/c1-15-12-36-13-16-9-19(23(33)31(11-16)17-5-7-25(2,35-4)8-6-17)29-20-10-18(26-3)21-22(30-20)32(14-27-21)24(34)28-15/h9-11,14-15,17H,5-8,12-13H2,1-4H3,(H,28,34)(H2,26,29,30)/t15-,17?,25?/m1/s1. The summed E-state index contributed by atoms with van der Waals surface area (Å²) in [7, 11) is 3.53. The molecule has 0 spiro atoms. The highest BCUT2D eigenvalue weighted by Gasteiger charge is 2.32. The van der Waals surface area contributed by atoms with Crippen LogP contribution >= 0.6 is 0 Å². The van der Waals surface area contributed by atoms with Crippen LogP contribution in [-0.2, 0) is 16.1 Å². The summed E-state index contributed by atoms with van der Waals surface area (Å²) < 4.78 is 14.8. The van der Waals surface area contributed by atoms with Crippen LogP contribution in [0.25, 0.3) is 11.2 Å². The summed E-state index contributed by atoms with van der Waals surface area (Å²) in [6.07, 6.45) is 6.81. The summed E-state index contributed by atoms with van der Waals surface area (Å²) >= 11 is 0. The lowest BCUT2D eigenvalue weighted by Gasteiger charge is -2.37. The maximum absolute atomic E-state index is 13.6.